The first-order valence-electron chi connectivity index (χ1n) is 8.58. The van der Waals surface area contributed by atoms with Crippen molar-refractivity contribution >= 4 is 45.8 Å². The minimum absolute atomic E-state index is 0.198. The highest BCUT2D eigenvalue weighted by atomic mass is 33.1. The quantitative estimate of drug-likeness (QED) is 0.157. The predicted octanol–water partition coefficient (Wildman–Crippen LogP) is 1.05. The van der Waals surface area contributed by atoms with Gasteiger partial charge in [0.1, 0.15) is 26.4 Å². The van der Waals surface area contributed by atoms with Crippen LogP contribution >= 0.6 is 22.0 Å². The number of carbonyl (C=O) groups is 4. The van der Waals surface area contributed by atoms with Crippen molar-refractivity contribution in [2.45, 2.75) is 27.7 Å². The lowest BCUT2D eigenvalue weighted by Gasteiger charge is -2.25. The first-order chi connectivity index (χ1) is 13.2. The largest absolute Gasteiger partial charge is 0.464 e. The number of carbonyl (C=O) groups excluding carboxylic acids is 4. The van der Waals surface area contributed by atoms with Gasteiger partial charge in [0, 0.05) is 75.8 Å². The second-order valence-electron chi connectivity index (χ2n) is 5.37. The molecule has 0 radical (unpaired) electrons. The summed E-state index contributed by atoms with van der Waals surface area (Å²) >= 11 is 0. The van der Waals surface area contributed by atoms with E-state index in [-0.39, 0.29) is 50.3 Å². The highest BCUT2D eigenvalue weighted by Crippen LogP contribution is 2.29. The molecule has 0 saturated carbocycles. The van der Waals surface area contributed by atoms with Gasteiger partial charge in [-0.3, -0.25) is 19.2 Å². The number of ether oxygens (including phenoxy) is 4. The van der Waals surface area contributed by atoms with Gasteiger partial charge < -0.3 is 18.9 Å². The molecule has 0 amide bonds. The Bertz CT molecular complexity index is 423. The van der Waals surface area contributed by atoms with Gasteiger partial charge in [-0.1, -0.05) is 0 Å². The van der Waals surface area contributed by atoms with E-state index in [0.29, 0.717) is 26.2 Å². The van der Waals surface area contributed by atoms with Crippen LogP contribution in [0.5, 0.6) is 0 Å². The van der Waals surface area contributed by atoms with E-state index in [1.165, 1.54) is 49.7 Å². The van der Waals surface area contributed by atoms with Gasteiger partial charge in [0.2, 0.25) is 0 Å². The molecule has 0 unspecified atom stereocenters. The smallest absolute Gasteiger partial charge is 0.302 e. The van der Waals surface area contributed by atoms with Crippen LogP contribution < -0.4 is 0 Å². The fourth-order valence-electron chi connectivity index (χ4n) is 1.63. The van der Waals surface area contributed by atoms with Crippen molar-refractivity contribution in [3.63, 3.8) is 0 Å². The molecule has 0 bridgehead atoms. The molecule has 0 atom stereocenters. The molecular formula is C16H28N2O8S2. The number of hydrogen-bond acceptors (Lipinski definition) is 12. The summed E-state index contributed by atoms with van der Waals surface area (Å²) in [5, 5.41) is 0. The van der Waals surface area contributed by atoms with E-state index in [1.54, 1.807) is 0 Å². The van der Waals surface area contributed by atoms with Gasteiger partial charge in [0.25, 0.3) is 0 Å². The van der Waals surface area contributed by atoms with Crippen molar-refractivity contribution in [3.05, 3.63) is 0 Å². The van der Waals surface area contributed by atoms with Crippen molar-refractivity contribution in [3.8, 4) is 0 Å². The van der Waals surface area contributed by atoms with Gasteiger partial charge in [-0.25, -0.2) is 8.61 Å². The lowest BCUT2D eigenvalue weighted by Crippen LogP contribution is -2.29. The molecule has 0 aliphatic rings. The highest BCUT2D eigenvalue weighted by molar-refractivity contribution is 8.74. The van der Waals surface area contributed by atoms with Gasteiger partial charge in [-0.05, 0) is 0 Å². The number of nitrogens with zero attached hydrogens (tertiary/aromatic N) is 2. The second kappa shape index (κ2) is 16.5. The Morgan fingerprint density at radius 2 is 0.750 bits per heavy atom. The summed E-state index contributed by atoms with van der Waals surface area (Å²) in [5.41, 5.74) is 0. The Kier molecular flexibility index (Phi) is 15.6. The van der Waals surface area contributed by atoms with E-state index in [2.05, 4.69) is 0 Å². The molecule has 0 saturated heterocycles. The van der Waals surface area contributed by atoms with Crippen molar-refractivity contribution in [2.75, 3.05) is 52.6 Å². The third-order valence-electron chi connectivity index (χ3n) is 2.83. The summed E-state index contributed by atoms with van der Waals surface area (Å²) in [4.78, 5) is 43.7. The Labute approximate surface area is 173 Å². The number of rotatable bonds is 15. The summed E-state index contributed by atoms with van der Waals surface area (Å²) in [6.07, 6.45) is 0. The van der Waals surface area contributed by atoms with Gasteiger partial charge in [0.15, 0.2) is 0 Å². The molecule has 0 aromatic rings. The zero-order chi connectivity index (χ0) is 21.4. The molecule has 0 rings (SSSR count). The van der Waals surface area contributed by atoms with Crippen LogP contribution in [-0.2, 0) is 38.1 Å². The predicted molar refractivity (Wildman–Crippen MR) is 105 cm³/mol. The Balaban J connectivity index is 4.57. The Morgan fingerprint density at radius 3 is 0.929 bits per heavy atom. The maximum absolute atomic E-state index is 10.9. The van der Waals surface area contributed by atoms with Crippen LogP contribution in [0.15, 0.2) is 0 Å². The van der Waals surface area contributed by atoms with Crippen LogP contribution in [0.3, 0.4) is 0 Å². The van der Waals surface area contributed by atoms with Crippen LogP contribution in [0, 0.1) is 0 Å². The Hall–Kier alpha value is -1.50. The molecule has 28 heavy (non-hydrogen) atoms. The second-order valence-corrected chi connectivity index (χ2v) is 7.59. The molecular weight excluding hydrogens is 412 g/mol. The molecule has 10 nitrogen and oxygen atoms in total. The third kappa shape index (κ3) is 17.9. The normalized spacial score (nSPS) is 10.6. The summed E-state index contributed by atoms with van der Waals surface area (Å²) in [6, 6.07) is 0. The van der Waals surface area contributed by atoms with Crippen molar-refractivity contribution in [2.24, 2.45) is 0 Å². The Morgan fingerprint density at radius 1 is 0.536 bits per heavy atom. The molecule has 0 aromatic carbocycles. The maximum atomic E-state index is 10.9. The average molecular weight is 441 g/mol. The first kappa shape index (κ1) is 26.5. The van der Waals surface area contributed by atoms with Crippen LogP contribution in [0.2, 0.25) is 0 Å². The minimum atomic E-state index is -0.373. The molecule has 0 heterocycles. The van der Waals surface area contributed by atoms with Crippen molar-refractivity contribution in [1.29, 1.82) is 0 Å². The minimum Gasteiger partial charge on any atom is -0.464 e. The van der Waals surface area contributed by atoms with Crippen molar-refractivity contribution < 1.29 is 38.1 Å². The molecule has 0 fully saturated rings. The van der Waals surface area contributed by atoms with E-state index < -0.39 is 0 Å². The number of hydrogen-bond donors (Lipinski definition) is 0. The van der Waals surface area contributed by atoms with Gasteiger partial charge in [-0.2, -0.15) is 0 Å². The van der Waals surface area contributed by atoms with Crippen LogP contribution in [-0.4, -0.2) is 85.1 Å². The molecule has 0 aliphatic carbocycles. The lowest BCUT2D eigenvalue weighted by atomic mass is 10.6. The standard InChI is InChI=1S/C16H28N2O8S2/c1-13(19)23-9-5-17(6-10-24-14(2)20)27-28-18(7-11-25-15(3)21)8-12-26-16(4)22/h5-12H2,1-4H3. The molecule has 162 valence electrons. The van der Waals surface area contributed by atoms with Gasteiger partial charge >= 0.3 is 23.9 Å². The SMILES string of the molecule is CC(=O)OCCN(CCOC(C)=O)SSN(CCOC(C)=O)CCOC(C)=O. The third-order valence-corrected chi connectivity index (χ3v) is 5.51. The van der Waals surface area contributed by atoms with Crippen molar-refractivity contribution in [1.82, 2.24) is 8.61 Å². The van der Waals surface area contributed by atoms with Crippen LogP contribution in [0.1, 0.15) is 27.7 Å². The summed E-state index contributed by atoms with van der Waals surface area (Å²) < 4.78 is 23.6. The van der Waals surface area contributed by atoms with E-state index >= 15 is 0 Å². The van der Waals surface area contributed by atoms with Gasteiger partial charge in [0.05, 0.1) is 0 Å². The monoisotopic (exact) mass is 440 g/mol. The first-order valence-corrected chi connectivity index (χ1v) is 10.6. The zero-order valence-electron chi connectivity index (χ0n) is 16.6. The number of esters is 4. The van der Waals surface area contributed by atoms with E-state index in [4.69, 9.17) is 18.9 Å². The molecule has 0 aliphatic heterocycles. The molecule has 12 heteroatoms. The van der Waals surface area contributed by atoms with Crippen LogP contribution in [0.4, 0.5) is 0 Å². The highest BCUT2D eigenvalue weighted by Gasteiger charge is 2.14. The molecule has 0 N–H and O–H groups in total. The average Bonchev–Trinajstić information content (AvgIpc) is 2.57. The zero-order valence-corrected chi connectivity index (χ0v) is 18.3. The van der Waals surface area contributed by atoms with Crippen LogP contribution in [0.25, 0.3) is 0 Å². The summed E-state index contributed by atoms with van der Waals surface area (Å²) in [5.74, 6) is -1.49. The lowest BCUT2D eigenvalue weighted by molar-refractivity contribution is -0.142. The van der Waals surface area contributed by atoms with E-state index in [1.807, 2.05) is 8.61 Å². The molecule has 0 spiro atoms. The summed E-state index contributed by atoms with van der Waals surface area (Å²) in [7, 11) is 2.73. The fourth-order valence-corrected chi connectivity index (χ4v) is 3.88. The van der Waals surface area contributed by atoms with Gasteiger partial charge in [-0.15, -0.1) is 0 Å². The topological polar surface area (TPSA) is 112 Å². The summed E-state index contributed by atoms with van der Waals surface area (Å²) in [6.45, 7) is 7.84. The van der Waals surface area contributed by atoms with E-state index in [0.717, 1.165) is 0 Å². The van der Waals surface area contributed by atoms with E-state index in [9.17, 15) is 19.2 Å². The molecule has 0 aromatic heterocycles. The maximum Gasteiger partial charge on any atom is 0.302 e. The fraction of sp³-hybridized carbons (Fsp3) is 0.750.